The monoisotopic (exact) mass is 562 g/mol. The Balaban J connectivity index is 1.15. The maximum atomic E-state index is 7.06. The summed E-state index contributed by atoms with van der Waals surface area (Å²) in [5.41, 5.74) is 3.93. The van der Waals surface area contributed by atoms with E-state index in [9.17, 15) is 0 Å². The Labute approximate surface area is 252 Å². The van der Waals surface area contributed by atoms with Gasteiger partial charge in [0.15, 0.2) is 0 Å². The first-order valence-electron chi connectivity index (χ1n) is 15.7. The van der Waals surface area contributed by atoms with Gasteiger partial charge in [0.1, 0.15) is 5.60 Å². The standard InChI is InChI=1S/C39H46O3/c1-31(28-40-29-33-18-7-3-8-19-33)17-15-16-26-38-32(2)27-37(42-38)30-41-39(34-20-9-4-10-21-34,35-22-11-5-12-23-35)36-24-13-6-14-25-36/h3-14,18-25,31-32,37-38H,15-17,26-30H2,1-2H3/t31-,32-,37+,38-/m0/s1. The van der Waals surface area contributed by atoms with E-state index in [0.29, 0.717) is 31.2 Å². The molecule has 0 amide bonds. The smallest absolute Gasteiger partial charge is 0.143 e. The molecule has 0 radical (unpaired) electrons. The number of hydrogen-bond acceptors (Lipinski definition) is 3. The number of benzene rings is 4. The minimum atomic E-state index is -0.701. The second-order valence-electron chi connectivity index (χ2n) is 12.0. The summed E-state index contributed by atoms with van der Waals surface area (Å²) < 4.78 is 19.7. The highest BCUT2D eigenvalue weighted by Gasteiger charge is 2.40. The maximum absolute atomic E-state index is 7.06. The van der Waals surface area contributed by atoms with Crippen molar-refractivity contribution in [2.75, 3.05) is 13.2 Å². The fourth-order valence-corrected chi connectivity index (χ4v) is 6.32. The van der Waals surface area contributed by atoms with Crippen LogP contribution in [0.15, 0.2) is 121 Å². The summed E-state index contributed by atoms with van der Waals surface area (Å²) in [6, 6.07) is 42.2. The molecule has 42 heavy (non-hydrogen) atoms. The summed E-state index contributed by atoms with van der Waals surface area (Å²) in [5.74, 6) is 1.10. The van der Waals surface area contributed by atoms with Crippen LogP contribution in [-0.4, -0.2) is 25.4 Å². The van der Waals surface area contributed by atoms with Gasteiger partial charge in [-0.2, -0.15) is 0 Å². The van der Waals surface area contributed by atoms with E-state index in [1.54, 1.807) is 0 Å². The average molecular weight is 563 g/mol. The minimum Gasteiger partial charge on any atom is -0.376 e. The number of ether oxygens (including phenoxy) is 3. The van der Waals surface area contributed by atoms with Crippen LogP contribution in [0, 0.1) is 11.8 Å². The SMILES string of the molecule is C[C@@H](CCCC[C@@H]1O[C@@H](COC(c2ccccc2)(c2ccccc2)c2ccccc2)C[C@@H]1C)COCc1ccccc1. The van der Waals surface area contributed by atoms with E-state index < -0.39 is 5.60 Å². The van der Waals surface area contributed by atoms with Gasteiger partial charge in [-0.3, -0.25) is 0 Å². The highest BCUT2D eigenvalue weighted by atomic mass is 16.6. The zero-order chi connectivity index (χ0) is 29.0. The Morgan fingerprint density at radius 1 is 0.738 bits per heavy atom. The topological polar surface area (TPSA) is 27.7 Å². The molecule has 0 N–H and O–H groups in total. The van der Waals surface area contributed by atoms with Crippen molar-refractivity contribution in [2.24, 2.45) is 11.8 Å². The lowest BCUT2D eigenvalue weighted by molar-refractivity contribution is -0.0643. The predicted octanol–water partition coefficient (Wildman–Crippen LogP) is 9.20. The second kappa shape index (κ2) is 15.3. The van der Waals surface area contributed by atoms with Crippen molar-refractivity contribution in [3.05, 3.63) is 144 Å². The Hall–Kier alpha value is -3.24. The van der Waals surface area contributed by atoms with Crippen molar-refractivity contribution in [1.29, 1.82) is 0 Å². The molecule has 0 spiro atoms. The van der Waals surface area contributed by atoms with Crippen LogP contribution in [0.3, 0.4) is 0 Å². The van der Waals surface area contributed by atoms with Gasteiger partial charge < -0.3 is 14.2 Å². The third kappa shape index (κ3) is 7.77. The van der Waals surface area contributed by atoms with E-state index in [0.717, 1.165) is 36.1 Å². The molecule has 0 saturated carbocycles. The van der Waals surface area contributed by atoms with Gasteiger partial charge in [-0.15, -0.1) is 0 Å². The molecule has 1 heterocycles. The highest BCUT2D eigenvalue weighted by Crippen LogP contribution is 2.41. The van der Waals surface area contributed by atoms with Crippen LogP contribution in [0.1, 0.15) is 68.2 Å². The van der Waals surface area contributed by atoms with Gasteiger partial charge in [0.2, 0.25) is 0 Å². The highest BCUT2D eigenvalue weighted by molar-refractivity contribution is 5.47. The summed E-state index contributed by atoms with van der Waals surface area (Å²) in [4.78, 5) is 0. The van der Waals surface area contributed by atoms with E-state index >= 15 is 0 Å². The van der Waals surface area contributed by atoms with Crippen LogP contribution < -0.4 is 0 Å². The molecule has 220 valence electrons. The van der Waals surface area contributed by atoms with E-state index in [1.165, 1.54) is 24.8 Å². The van der Waals surface area contributed by atoms with Crippen LogP contribution in [0.2, 0.25) is 0 Å². The molecule has 0 bridgehead atoms. The van der Waals surface area contributed by atoms with Gasteiger partial charge in [-0.05, 0) is 53.4 Å². The fourth-order valence-electron chi connectivity index (χ4n) is 6.32. The van der Waals surface area contributed by atoms with Crippen LogP contribution in [0.4, 0.5) is 0 Å². The zero-order valence-corrected chi connectivity index (χ0v) is 25.2. The lowest BCUT2D eigenvalue weighted by atomic mass is 9.80. The van der Waals surface area contributed by atoms with E-state index in [4.69, 9.17) is 14.2 Å². The number of rotatable bonds is 15. The number of hydrogen-bond donors (Lipinski definition) is 0. The van der Waals surface area contributed by atoms with Crippen LogP contribution >= 0.6 is 0 Å². The van der Waals surface area contributed by atoms with Gasteiger partial charge in [0.25, 0.3) is 0 Å². The van der Waals surface area contributed by atoms with E-state index in [-0.39, 0.29) is 6.10 Å². The molecule has 1 saturated heterocycles. The second-order valence-corrected chi connectivity index (χ2v) is 12.0. The Kier molecular flexibility index (Phi) is 11.0. The van der Waals surface area contributed by atoms with Crippen molar-refractivity contribution in [1.82, 2.24) is 0 Å². The van der Waals surface area contributed by atoms with Crippen molar-refractivity contribution in [3.8, 4) is 0 Å². The van der Waals surface area contributed by atoms with Gasteiger partial charge in [0, 0.05) is 6.61 Å². The Morgan fingerprint density at radius 3 is 1.81 bits per heavy atom. The summed E-state index contributed by atoms with van der Waals surface area (Å²) in [7, 11) is 0. The van der Waals surface area contributed by atoms with Gasteiger partial charge in [-0.1, -0.05) is 148 Å². The molecule has 3 nitrogen and oxygen atoms in total. The quantitative estimate of drug-likeness (QED) is 0.107. The molecule has 1 fully saturated rings. The molecule has 0 aromatic heterocycles. The molecular weight excluding hydrogens is 516 g/mol. The molecular formula is C39H46O3. The third-order valence-corrected chi connectivity index (χ3v) is 8.61. The summed E-state index contributed by atoms with van der Waals surface area (Å²) >= 11 is 0. The first kappa shape index (κ1) is 30.2. The van der Waals surface area contributed by atoms with Crippen molar-refractivity contribution < 1.29 is 14.2 Å². The summed E-state index contributed by atoms with van der Waals surface area (Å²) in [5, 5.41) is 0. The van der Waals surface area contributed by atoms with Crippen molar-refractivity contribution >= 4 is 0 Å². The molecule has 1 aliphatic heterocycles. The lowest BCUT2D eigenvalue weighted by Gasteiger charge is -2.36. The molecule has 0 unspecified atom stereocenters. The first-order valence-corrected chi connectivity index (χ1v) is 15.7. The normalized spacial score (nSPS) is 19.5. The average Bonchev–Trinajstić information content (AvgIpc) is 3.40. The summed E-state index contributed by atoms with van der Waals surface area (Å²) in [6.45, 7) is 6.70. The van der Waals surface area contributed by atoms with Crippen LogP contribution in [0.25, 0.3) is 0 Å². The predicted molar refractivity (Wildman–Crippen MR) is 171 cm³/mol. The molecule has 3 heteroatoms. The van der Waals surface area contributed by atoms with E-state index in [2.05, 4.69) is 129 Å². The van der Waals surface area contributed by atoms with Gasteiger partial charge >= 0.3 is 0 Å². The van der Waals surface area contributed by atoms with Crippen LogP contribution in [0.5, 0.6) is 0 Å². The zero-order valence-electron chi connectivity index (χ0n) is 25.2. The Bertz CT molecular complexity index is 1200. The van der Waals surface area contributed by atoms with E-state index in [1.807, 2.05) is 6.07 Å². The first-order chi connectivity index (χ1) is 20.6. The van der Waals surface area contributed by atoms with Crippen molar-refractivity contribution in [3.63, 3.8) is 0 Å². The Morgan fingerprint density at radius 2 is 1.26 bits per heavy atom. The van der Waals surface area contributed by atoms with Gasteiger partial charge in [-0.25, -0.2) is 0 Å². The molecule has 0 aliphatic carbocycles. The molecule has 1 aliphatic rings. The fraction of sp³-hybridized carbons (Fsp3) is 0.385. The maximum Gasteiger partial charge on any atom is 0.143 e. The van der Waals surface area contributed by atoms with Gasteiger partial charge in [0.05, 0.1) is 25.4 Å². The summed E-state index contributed by atoms with van der Waals surface area (Å²) in [6.07, 6.45) is 6.11. The largest absolute Gasteiger partial charge is 0.376 e. The molecule has 4 aromatic rings. The van der Waals surface area contributed by atoms with Crippen LogP contribution in [-0.2, 0) is 26.4 Å². The molecule has 4 aromatic carbocycles. The lowest BCUT2D eigenvalue weighted by Crippen LogP contribution is -2.35. The number of unbranched alkanes of at least 4 members (excludes halogenated alkanes) is 1. The third-order valence-electron chi connectivity index (χ3n) is 8.61. The molecule has 4 atom stereocenters. The minimum absolute atomic E-state index is 0.0887. The molecule has 5 rings (SSSR count). The van der Waals surface area contributed by atoms with Crippen molar-refractivity contribution in [2.45, 2.75) is 70.4 Å².